The SMILES string of the molecule is Cc1ncc(-c2cc3cc[nH]c(=O)c3c(Nc3ccc(C4CCN(CC(O)CO)CC4)cc3)n2)cn1. The van der Waals surface area contributed by atoms with Crippen molar-refractivity contribution >= 4 is 22.3 Å². The number of piperidine rings is 1. The minimum Gasteiger partial charge on any atom is -0.394 e. The number of rotatable bonds is 7. The molecule has 186 valence electrons. The summed E-state index contributed by atoms with van der Waals surface area (Å²) in [4.78, 5) is 30.9. The second-order valence-electron chi connectivity index (χ2n) is 9.30. The number of H-pyrrole nitrogens is 1. The number of nitrogens with zero attached hydrogens (tertiary/aromatic N) is 4. The van der Waals surface area contributed by atoms with E-state index in [0.29, 0.717) is 35.2 Å². The van der Waals surface area contributed by atoms with E-state index < -0.39 is 6.10 Å². The van der Waals surface area contributed by atoms with Gasteiger partial charge in [0.2, 0.25) is 0 Å². The zero-order valence-electron chi connectivity index (χ0n) is 20.2. The lowest BCUT2D eigenvalue weighted by Gasteiger charge is -2.33. The number of aromatic amines is 1. The molecule has 0 spiro atoms. The maximum Gasteiger partial charge on any atom is 0.259 e. The van der Waals surface area contributed by atoms with E-state index in [1.54, 1.807) is 18.6 Å². The summed E-state index contributed by atoms with van der Waals surface area (Å²) in [6.07, 6.45) is 6.44. The number of aliphatic hydroxyl groups excluding tert-OH is 2. The molecule has 0 radical (unpaired) electrons. The van der Waals surface area contributed by atoms with Crippen LogP contribution in [0.5, 0.6) is 0 Å². The highest BCUT2D eigenvalue weighted by Crippen LogP contribution is 2.31. The monoisotopic (exact) mass is 486 g/mol. The molecule has 1 aliphatic rings. The second-order valence-corrected chi connectivity index (χ2v) is 9.30. The normalized spacial score (nSPS) is 15.8. The van der Waals surface area contributed by atoms with Crippen molar-refractivity contribution in [2.45, 2.75) is 31.8 Å². The number of aliphatic hydroxyl groups is 2. The maximum absolute atomic E-state index is 12.7. The van der Waals surface area contributed by atoms with Gasteiger partial charge in [-0.1, -0.05) is 12.1 Å². The number of fused-ring (bicyclic) bond motifs is 1. The molecule has 1 atom stereocenters. The molecule has 3 aromatic heterocycles. The Morgan fingerprint density at radius 2 is 1.86 bits per heavy atom. The number of hydrogen-bond donors (Lipinski definition) is 4. The van der Waals surface area contributed by atoms with E-state index in [4.69, 9.17) is 10.1 Å². The Bertz CT molecular complexity index is 1380. The van der Waals surface area contributed by atoms with Crippen molar-refractivity contribution in [2.75, 3.05) is 31.6 Å². The third kappa shape index (κ3) is 5.28. The average molecular weight is 487 g/mol. The molecule has 1 aromatic carbocycles. The molecule has 0 bridgehead atoms. The Balaban J connectivity index is 1.36. The van der Waals surface area contributed by atoms with Crippen LogP contribution < -0.4 is 10.9 Å². The summed E-state index contributed by atoms with van der Waals surface area (Å²) in [7, 11) is 0. The lowest BCUT2D eigenvalue weighted by atomic mass is 9.89. The van der Waals surface area contributed by atoms with Crippen LogP contribution in [0.15, 0.2) is 59.8 Å². The van der Waals surface area contributed by atoms with E-state index >= 15 is 0 Å². The molecule has 4 heterocycles. The maximum atomic E-state index is 12.7. The lowest BCUT2D eigenvalue weighted by molar-refractivity contribution is 0.0513. The number of hydrogen-bond acceptors (Lipinski definition) is 8. The van der Waals surface area contributed by atoms with Crippen molar-refractivity contribution in [3.05, 3.63) is 76.7 Å². The van der Waals surface area contributed by atoms with Crippen LogP contribution in [0.3, 0.4) is 0 Å². The molecule has 1 saturated heterocycles. The van der Waals surface area contributed by atoms with E-state index in [9.17, 15) is 9.90 Å². The van der Waals surface area contributed by atoms with E-state index in [-0.39, 0.29) is 12.2 Å². The van der Waals surface area contributed by atoms with Crippen LogP contribution in [0.4, 0.5) is 11.5 Å². The molecule has 4 N–H and O–H groups in total. The average Bonchev–Trinajstić information content (AvgIpc) is 2.90. The van der Waals surface area contributed by atoms with Gasteiger partial charge in [-0.3, -0.25) is 4.79 Å². The number of nitrogens with one attached hydrogen (secondary N) is 2. The largest absolute Gasteiger partial charge is 0.394 e. The summed E-state index contributed by atoms with van der Waals surface area (Å²) in [5, 5.41) is 23.4. The molecule has 9 heteroatoms. The molecule has 1 unspecified atom stereocenters. The Kier molecular flexibility index (Phi) is 7.04. The fourth-order valence-corrected chi connectivity index (χ4v) is 4.76. The van der Waals surface area contributed by atoms with Gasteiger partial charge in [-0.25, -0.2) is 15.0 Å². The highest BCUT2D eigenvalue weighted by atomic mass is 16.3. The van der Waals surface area contributed by atoms with Crippen LogP contribution in [-0.2, 0) is 0 Å². The first-order chi connectivity index (χ1) is 17.5. The van der Waals surface area contributed by atoms with Crippen LogP contribution in [0.2, 0.25) is 0 Å². The topological polar surface area (TPSA) is 127 Å². The van der Waals surface area contributed by atoms with Crippen LogP contribution in [-0.4, -0.2) is 67.4 Å². The first-order valence-electron chi connectivity index (χ1n) is 12.2. The number of anilines is 2. The number of aromatic nitrogens is 4. The molecule has 1 fully saturated rings. The predicted molar refractivity (Wildman–Crippen MR) is 139 cm³/mol. The molecule has 5 rings (SSSR count). The molecule has 9 nitrogen and oxygen atoms in total. The quantitative estimate of drug-likeness (QED) is 0.314. The van der Waals surface area contributed by atoms with Crippen molar-refractivity contribution in [2.24, 2.45) is 0 Å². The molecular weight excluding hydrogens is 456 g/mol. The van der Waals surface area contributed by atoms with Crippen molar-refractivity contribution in [1.29, 1.82) is 0 Å². The smallest absolute Gasteiger partial charge is 0.259 e. The number of benzene rings is 1. The van der Waals surface area contributed by atoms with Crippen molar-refractivity contribution < 1.29 is 10.2 Å². The van der Waals surface area contributed by atoms with Gasteiger partial charge in [-0.05, 0) is 74.0 Å². The third-order valence-corrected chi connectivity index (χ3v) is 6.74. The van der Waals surface area contributed by atoms with E-state index in [1.807, 2.05) is 31.2 Å². The van der Waals surface area contributed by atoms with Gasteiger partial charge < -0.3 is 25.4 Å². The molecule has 0 amide bonds. The minimum absolute atomic E-state index is 0.202. The Morgan fingerprint density at radius 1 is 1.14 bits per heavy atom. The second kappa shape index (κ2) is 10.5. The van der Waals surface area contributed by atoms with Gasteiger partial charge in [0.1, 0.15) is 11.6 Å². The van der Waals surface area contributed by atoms with Gasteiger partial charge >= 0.3 is 0 Å². The predicted octanol–water partition coefficient (Wildman–Crippen LogP) is 2.96. The van der Waals surface area contributed by atoms with Gasteiger partial charge in [-0.15, -0.1) is 0 Å². The van der Waals surface area contributed by atoms with Crippen molar-refractivity contribution in [1.82, 2.24) is 24.8 Å². The van der Waals surface area contributed by atoms with Gasteiger partial charge in [0.15, 0.2) is 0 Å². The summed E-state index contributed by atoms with van der Waals surface area (Å²) in [6, 6.07) is 12.0. The summed E-state index contributed by atoms with van der Waals surface area (Å²) in [5.74, 6) is 1.62. The Morgan fingerprint density at radius 3 is 2.56 bits per heavy atom. The molecular formula is C27H30N6O3. The van der Waals surface area contributed by atoms with Gasteiger partial charge in [0.05, 0.1) is 23.8 Å². The summed E-state index contributed by atoms with van der Waals surface area (Å²) in [5.41, 5.74) is 3.37. The van der Waals surface area contributed by atoms with Crippen molar-refractivity contribution in [3.8, 4) is 11.3 Å². The molecule has 4 aromatic rings. The van der Waals surface area contributed by atoms with E-state index in [1.165, 1.54) is 5.56 Å². The molecule has 36 heavy (non-hydrogen) atoms. The van der Waals surface area contributed by atoms with Crippen LogP contribution in [0.25, 0.3) is 22.0 Å². The van der Waals surface area contributed by atoms with E-state index in [0.717, 1.165) is 42.6 Å². The Hall–Kier alpha value is -3.66. The zero-order chi connectivity index (χ0) is 25.1. The van der Waals surface area contributed by atoms with Crippen LogP contribution in [0.1, 0.15) is 30.1 Å². The van der Waals surface area contributed by atoms with Crippen LogP contribution in [0, 0.1) is 6.92 Å². The standard InChI is InChI=1S/C27H30N6O3/c1-17-29-13-21(14-30-17)24-12-20-6-9-28-27(36)25(20)26(32-24)31-22-4-2-18(3-5-22)19-7-10-33(11-8-19)15-23(35)16-34/h2-6,9,12-14,19,23,34-35H,7-8,10-11,15-16H2,1H3,(H,28,36)(H,31,32). The third-order valence-electron chi connectivity index (χ3n) is 6.74. The first-order valence-corrected chi connectivity index (χ1v) is 12.2. The summed E-state index contributed by atoms with van der Waals surface area (Å²) >= 11 is 0. The molecule has 0 aliphatic carbocycles. The summed E-state index contributed by atoms with van der Waals surface area (Å²) in [6.45, 7) is 3.94. The first kappa shape index (κ1) is 24.1. The molecule has 0 saturated carbocycles. The fourth-order valence-electron chi connectivity index (χ4n) is 4.76. The lowest BCUT2D eigenvalue weighted by Crippen LogP contribution is -2.39. The number of β-amino-alcohol motifs (C(OH)–C–C–N with tert-alkyl or cyclic N) is 1. The molecule has 1 aliphatic heterocycles. The Labute approximate surface area is 208 Å². The number of pyridine rings is 2. The number of likely N-dealkylation sites (tertiary alicyclic amines) is 1. The van der Waals surface area contributed by atoms with Gasteiger partial charge in [0.25, 0.3) is 5.56 Å². The summed E-state index contributed by atoms with van der Waals surface area (Å²) < 4.78 is 0. The minimum atomic E-state index is -0.680. The van der Waals surface area contributed by atoms with Gasteiger partial charge in [0, 0.05) is 36.4 Å². The highest BCUT2D eigenvalue weighted by molar-refractivity contribution is 5.95. The van der Waals surface area contributed by atoms with Crippen LogP contribution >= 0.6 is 0 Å². The van der Waals surface area contributed by atoms with Gasteiger partial charge in [-0.2, -0.15) is 0 Å². The van der Waals surface area contributed by atoms with Crippen molar-refractivity contribution in [3.63, 3.8) is 0 Å². The number of aryl methyl sites for hydroxylation is 1. The van der Waals surface area contributed by atoms with E-state index in [2.05, 4.69) is 37.3 Å². The fraction of sp³-hybridized carbons (Fsp3) is 0.333. The highest BCUT2D eigenvalue weighted by Gasteiger charge is 2.22. The zero-order valence-corrected chi connectivity index (χ0v) is 20.2.